The molecule has 4 nitrogen and oxygen atoms in total. The number of rotatable bonds is 0. The van der Waals surface area contributed by atoms with Gasteiger partial charge < -0.3 is 4.84 Å². The third-order valence-electron chi connectivity index (χ3n) is 2.60. The molecule has 0 amide bonds. The van der Waals surface area contributed by atoms with E-state index in [0.29, 0.717) is 5.75 Å². The number of fused-ring (bicyclic) bond motifs is 1. The molecule has 1 aliphatic rings. The van der Waals surface area contributed by atoms with Crippen LogP contribution >= 0.6 is 0 Å². The van der Waals surface area contributed by atoms with Gasteiger partial charge in [-0.15, -0.1) is 0 Å². The molecular weight excluding hydrogens is 250 g/mol. The fourth-order valence-corrected chi connectivity index (χ4v) is 1.62. The smallest absolute Gasteiger partial charge is 0.202 e. The molecule has 0 spiro atoms. The van der Waals surface area contributed by atoms with Crippen LogP contribution in [0.4, 0.5) is 0 Å². The van der Waals surface area contributed by atoms with Crippen molar-refractivity contribution in [3.63, 3.8) is 0 Å². The fourth-order valence-electron chi connectivity index (χ4n) is 1.62. The number of nitrogens with one attached hydrogen (secondary N) is 1. The van der Waals surface area contributed by atoms with Crippen molar-refractivity contribution in [3.05, 3.63) is 78.6 Å². The molecule has 0 unspecified atom stereocenters. The maximum Gasteiger partial charge on any atom is 0.202 e. The Bertz CT molecular complexity index is 594. The van der Waals surface area contributed by atoms with Crippen molar-refractivity contribution in [1.29, 1.82) is 5.26 Å². The summed E-state index contributed by atoms with van der Waals surface area (Å²) in [5.41, 5.74) is 3.63. The first-order valence-electron chi connectivity index (χ1n) is 6.26. The summed E-state index contributed by atoms with van der Waals surface area (Å²) in [7, 11) is 0. The Hall–Kier alpha value is -2.77. The number of para-hydroxylation sites is 1. The molecule has 1 N–H and O–H groups in total. The van der Waals surface area contributed by atoms with Crippen LogP contribution in [-0.4, -0.2) is 5.01 Å². The normalized spacial score (nSPS) is 21.4. The van der Waals surface area contributed by atoms with Crippen LogP contribution in [0.2, 0.25) is 0 Å². The van der Waals surface area contributed by atoms with Gasteiger partial charge in [-0.2, -0.15) is 10.3 Å². The van der Waals surface area contributed by atoms with Gasteiger partial charge in [0.15, 0.2) is 5.75 Å². The zero-order chi connectivity index (χ0) is 14.0. The Labute approximate surface area is 118 Å². The van der Waals surface area contributed by atoms with Crippen molar-refractivity contribution in [3.8, 4) is 11.9 Å². The van der Waals surface area contributed by atoms with Gasteiger partial charge in [-0.1, -0.05) is 60.2 Å². The van der Waals surface area contributed by atoms with Gasteiger partial charge in [0.05, 0.1) is 0 Å². The minimum atomic E-state index is 0.697. The van der Waals surface area contributed by atoms with Crippen molar-refractivity contribution in [1.82, 2.24) is 10.6 Å². The highest BCUT2D eigenvalue weighted by Crippen LogP contribution is 2.18. The number of hydrazine groups is 1. The van der Waals surface area contributed by atoms with E-state index in [2.05, 4.69) is 11.7 Å². The average molecular weight is 265 g/mol. The van der Waals surface area contributed by atoms with Gasteiger partial charge in [-0.05, 0) is 18.6 Å². The van der Waals surface area contributed by atoms with E-state index in [-0.39, 0.29) is 0 Å². The molecule has 1 aromatic carbocycles. The van der Waals surface area contributed by atoms with E-state index in [0.717, 1.165) is 12.0 Å². The second kappa shape index (κ2) is 7.62. The van der Waals surface area contributed by atoms with Gasteiger partial charge in [-0.25, -0.2) is 0 Å². The maximum atomic E-state index is 8.98. The summed E-state index contributed by atoms with van der Waals surface area (Å²) in [6, 6.07) is 7.70. The van der Waals surface area contributed by atoms with Crippen LogP contribution in [0, 0.1) is 11.5 Å². The standard InChI is InChI=1S/C16H15N3O/c17-14-19-13-9-5-3-1-2-4-6-10-15-11-7-8-12-16(15)20-18-19/h1-9,11-13,18H,10H2/b2-1+,5-3-,6-4+,13-9+. The summed E-state index contributed by atoms with van der Waals surface area (Å²) in [5, 5.41) is 10.2. The van der Waals surface area contributed by atoms with Crippen LogP contribution < -0.4 is 10.4 Å². The molecule has 1 heterocycles. The summed E-state index contributed by atoms with van der Waals surface area (Å²) in [6.07, 6.45) is 17.7. The third-order valence-corrected chi connectivity index (χ3v) is 2.60. The monoisotopic (exact) mass is 265 g/mol. The minimum absolute atomic E-state index is 0.697. The lowest BCUT2D eigenvalue weighted by Crippen LogP contribution is -2.32. The van der Waals surface area contributed by atoms with E-state index in [1.807, 2.05) is 60.8 Å². The summed E-state index contributed by atoms with van der Waals surface area (Å²) < 4.78 is 0. The van der Waals surface area contributed by atoms with E-state index in [9.17, 15) is 0 Å². The van der Waals surface area contributed by atoms with Crippen LogP contribution in [0.3, 0.4) is 0 Å². The molecule has 0 radical (unpaired) electrons. The summed E-state index contributed by atoms with van der Waals surface area (Å²) in [5.74, 6) is 0.697. The van der Waals surface area contributed by atoms with E-state index in [4.69, 9.17) is 10.1 Å². The largest absolute Gasteiger partial charge is 0.388 e. The lowest BCUT2D eigenvalue weighted by atomic mass is 10.1. The number of hydrogen-bond acceptors (Lipinski definition) is 4. The van der Waals surface area contributed by atoms with Gasteiger partial charge in [-0.3, -0.25) is 0 Å². The lowest BCUT2D eigenvalue weighted by Gasteiger charge is -2.14. The summed E-state index contributed by atoms with van der Waals surface area (Å²) in [6.45, 7) is 0. The van der Waals surface area contributed by atoms with Crippen molar-refractivity contribution in [2.24, 2.45) is 0 Å². The maximum absolute atomic E-state index is 8.98. The number of nitrogens with zero attached hydrogens (tertiary/aromatic N) is 2. The highest BCUT2D eigenvalue weighted by atomic mass is 16.7. The van der Waals surface area contributed by atoms with Crippen LogP contribution in [0.25, 0.3) is 0 Å². The Morgan fingerprint density at radius 2 is 1.80 bits per heavy atom. The zero-order valence-electron chi connectivity index (χ0n) is 10.9. The Morgan fingerprint density at radius 3 is 2.65 bits per heavy atom. The first kappa shape index (κ1) is 13.7. The lowest BCUT2D eigenvalue weighted by molar-refractivity contribution is 0.0787. The van der Waals surface area contributed by atoms with Gasteiger partial charge in [0.1, 0.15) is 0 Å². The predicted molar refractivity (Wildman–Crippen MR) is 77.9 cm³/mol. The quantitative estimate of drug-likeness (QED) is 0.733. The molecular formula is C16H15N3O. The molecule has 0 aliphatic carbocycles. The molecule has 20 heavy (non-hydrogen) atoms. The molecule has 0 saturated heterocycles. The number of nitriles is 1. The molecule has 0 bridgehead atoms. The van der Waals surface area contributed by atoms with E-state index in [1.165, 1.54) is 5.01 Å². The number of allylic oxidation sites excluding steroid dienone is 7. The Balaban J connectivity index is 2.23. The number of benzene rings is 1. The second-order valence-electron chi connectivity index (χ2n) is 4.01. The highest BCUT2D eigenvalue weighted by Gasteiger charge is 2.03. The topological polar surface area (TPSA) is 48.3 Å². The SMILES string of the molecule is N#CN1/C=C/C=C\C=C\C=C\Cc2ccccc2ON1. The molecule has 0 atom stereocenters. The third kappa shape index (κ3) is 4.16. The van der Waals surface area contributed by atoms with Crippen molar-refractivity contribution >= 4 is 0 Å². The van der Waals surface area contributed by atoms with E-state index < -0.39 is 0 Å². The van der Waals surface area contributed by atoms with Gasteiger partial charge in [0.25, 0.3) is 0 Å². The van der Waals surface area contributed by atoms with Crippen molar-refractivity contribution in [2.75, 3.05) is 0 Å². The second-order valence-corrected chi connectivity index (χ2v) is 4.01. The van der Waals surface area contributed by atoms with Crippen molar-refractivity contribution in [2.45, 2.75) is 6.42 Å². The molecule has 1 aliphatic heterocycles. The van der Waals surface area contributed by atoms with E-state index >= 15 is 0 Å². The summed E-state index contributed by atoms with van der Waals surface area (Å²) >= 11 is 0. The Kier molecular flexibility index (Phi) is 5.20. The Morgan fingerprint density at radius 1 is 1.05 bits per heavy atom. The number of hydrogen-bond donors (Lipinski definition) is 1. The van der Waals surface area contributed by atoms with Gasteiger partial charge >= 0.3 is 0 Å². The predicted octanol–water partition coefficient (Wildman–Crippen LogP) is 3.01. The first-order chi connectivity index (χ1) is 9.90. The minimum Gasteiger partial charge on any atom is -0.388 e. The van der Waals surface area contributed by atoms with Crippen LogP contribution in [-0.2, 0) is 6.42 Å². The molecule has 1 aromatic rings. The average Bonchev–Trinajstić information content (AvgIpc) is 2.49. The first-order valence-corrected chi connectivity index (χ1v) is 6.26. The molecule has 4 heteroatoms. The molecule has 2 rings (SSSR count). The van der Waals surface area contributed by atoms with Gasteiger partial charge in [0, 0.05) is 11.8 Å². The molecule has 0 saturated carbocycles. The van der Waals surface area contributed by atoms with Crippen molar-refractivity contribution < 1.29 is 4.84 Å². The fraction of sp³-hybridized carbons (Fsp3) is 0.0625. The molecule has 100 valence electrons. The summed E-state index contributed by atoms with van der Waals surface area (Å²) in [4.78, 5) is 5.46. The van der Waals surface area contributed by atoms with Gasteiger partial charge in [0.2, 0.25) is 6.19 Å². The van der Waals surface area contributed by atoms with Crippen LogP contribution in [0.15, 0.2) is 73.0 Å². The molecule has 0 fully saturated rings. The molecule has 0 aromatic heterocycles. The van der Waals surface area contributed by atoms with Crippen LogP contribution in [0.1, 0.15) is 5.56 Å². The van der Waals surface area contributed by atoms with E-state index in [1.54, 1.807) is 12.3 Å². The highest BCUT2D eigenvalue weighted by molar-refractivity contribution is 5.35. The van der Waals surface area contributed by atoms with Crippen LogP contribution in [0.5, 0.6) is 5.75 Å². The zero-order valence-corrected chi connectivity index (χ0v) is 10.9.